The Bertz CT molecular complexity index is 343. The minimum atomic E-state index is -0.286. The summed E-state index contributed by atoms with van der Waals surface area (Å²) in [5, 5.41) is 3.24. The molecule has 82 valence electrons. The van der Waals surface area contributed by atoms with Gasteiger partial charge in [-0.25, -0.2) is 4.39 Å². The van der Waals surface area contributed by atoms with E-state index in [0.29, 0.717) is 10.4 Å². The molecular weight excluding hydrogens is 211 g/mol. The van der Waals surface area contributed by atoms with Crippen molar-refractivity contribution < 1.29 is 4.39 Å². The molecule has 3 N–H and O–H groups in total. The van der Waals surface area contributed by atoms with Crippen molar-refractivity contribution in [2.24, 2.45) is 0 Å². The SMILES string of the molecule is CSC1(CNc2cc(N)cc(F)c2)CC1. The molecule has 2 rings (SSSR count). The van der Waals surface area contributed by atoms with E-state index in [0.717, 1.165) is 12.2 Å². The number of hydrogen-bond acceptors (Lipinski definition) is 3. The average molecular weight is 226 g/mol. The number of thioether (sulfide) groups is 1. The summed E-state index contributed by atoms with van der Waals surface area (Å²) in [7, 11) is 0. The van der Waals surface area contributed by atoms with E-state index in [4.69, 9.17) is 5.73 Å². The first kappa shape index (κ1) is 10.6. The summed E-state index contributed by atoms with van der Waals surface area (Å²) in [5.74, 6) is -0.286. The van der Waals surface area contributed by atoms with E-state index in [-0.39, 0.29) is 5.82 Å². The van der Waals surface area contributed by atoms with Crippen LogP contribution in [0.4, 0.5) is 15.8 Å². The summed E-state index contributed by atoms with van der Waals surface area (Å²) in [4.78, 5) is 0. The van der Waals surface area contributed by atoms with Gasteiger partial charge in [-0.1, -0.05) is 0 Å². The van der Waals surface area contributed by atoms with E-state index < -0.39 is 0 Å². The second-order valence-electron chi connectivity index (χ2n) is 4.01. The minimum absolute atomic E-state index is 0.286. The number of halogens is 1. The predicted octanol–water partition coefficient (Wildman–Crippen LogP) is 2.72. The van der Waals surface area contributed by atoms with Crippen molar-refractivity contribution in [1.29, 1.82) is 0 Å². The number of nitrogens with one attached hydrogen (secondary N) is 1. The van der Waals surface area contributed by atoms with Gasteiger partial charge < -0.3 is 11.1 Å². The highest BCUT2D eigenvalue weighted by Crippen LogP contribution is 2.47. The van der Waals surface area contributed by atoms with Gasteiger partial charge in [-0.05, 0) is 37.3 Å². The molecule has 0 amide bonds. The Morgan fingerprint density at radius 3 is 2.73 bits per heavy atom. The van der Waals surface area contributed by atoms with Crippen LogP contribution in [0.25, 0.3) is 0 Å². The van der Waals surface area contributed by atoms with Crippen LogP contribution in [0.1, 0.15) is 12.8 Å². The number of nitrogen functional groups attached to an aromatic ring is 1. The van der Waals surface area contributed by atoms with Crippen molar-refractivity contribution in [1.82, 2.24) is 0 Å². The highest BCUT2D eigenvalue weighted by molar-refractivity contribution is 8.00. The molecule has 2 nitrogen and oxygen atoms in total. The fourth-order valence-corrected chi connectivity index (χ4v) is 2.30. The van der Waals surface area contributed by atoms with Crippen molar-refractivity contribution in [3.8, 4) is 0 Å². The monoisotopic (exact) mass is 226 g/mol. The second kappa shape index (κ2) is 3.93. The Morgan fingerprint density at radius 1 is 1.47 bits per heavy atom. The molecule has 1 aromatic carbocycles. The van der Waals surface area contributed by atoms with Gasteiger partial charge in [-0.2, -0.15) is 11.8 Å². The van der Waals surface area contributed by atoms with Crippen LogP contribution in [-0.4, -0.2) is 17.5 Å². The molecule has 0 aliphatic heterocycles. The lowest BCUT2D eigenvalue weighted by Gasteiger charge is -2.14. The molecule has 0 unspecified atom stereocenters. The van der Waals surface area contributed by atoms with E-state index in [2.05, 4.69) is 11.6 Å². The molecule has 1 aromatic rings. The standard InChI is InChI=1S/C11H15FN2S/c1-15-11(2-3-11)7-14-10-5-8(12)4-9(13)6-10/h4-6,14H,2-3,7,13H2,1H3. The van der Waals surface area contributed by atoms with Crippen molar-refractivity contribution in [2.45, 2.75) is 17.6 Å². The Labute approximate surface area is 93.4 Å². The molecule has 1 saturated carbocycles. The molecule has 0 bridgehead atoms. The zero-order valence-electron chi connectivity index (χ0n) is 8.72. The summed E-state index contributed by atoms with van der Waals surface area (Å²) in [5.41, 5.74) is 6.80. The van der Waals surface area contributed by atoms with Crippen LogP contribution in [0.2, 0.25) is 0 Å². The molecule has 0 aromatic heterocycles. The fourth-order valence-electron chi connectivity index (χ4n) is 1.57. The van der Waals surface area contributed by atoms with E-state index >= 15 is 0 Å². The summed E-state index contributed by atoms with van der Waals surface area (Å²) in [6.07, 6.45) is 4.60. The van der Waals surface area contributed by atoms with Gasteiger partial charge in [0.15, 0.2) is 0 Å². The first-order valence-electron chi connectivity index (χ1n) is 4.99. The third kappa shape index (κ3) is 2.56. The van der Waals surface area contributed by atoms with Crippen molar-refractivity contribution in [3.63, 3.8) is 0 Å². The summed E-state index contributed by atoms with van der Waals surface area (Å²) in [6, 6.07) is 4.57. The van der Waals surface area contributed by atoms with Crippen LogP contribution in [0.3, 0.4) is 0 Å². The molecule has 0 atom stereocenters. The van der Waals surface area contributed by atoms with Gasteiger partial charge in [-0.15, -0.1) is 0 Å². The number of rotatable bonds is 4. The predicted molar refractivity (Wildman–Crippen MR) is 64.8 cm³/mol. The molecule has 4 heteroatoms. The molecular formula is C11H15FN2S. The van der Waals surface area contributed by atoms with Gasteiger partial charge in [0.05, 0.1) is 0 Å². The highest BCUT2D eigenvalue weighted by Gasteiger charge is 2.41. The van der Waals surface area contributed by atoms with E-state index in [1.165, 1.54) is 25.0 Å². The van der Waals surface area contributed by atoms with Gasteiger partial charge in [-0.3, -0.25) is 0 Å². The lowest BCUT2D eigenvalue weighted by molar-refractivity contribution is 0.629. The van der Waals surface area contributed by atoms with E-state index in [1.54, 1.807) is 6.07 Å². The maximum absolute atomic E-state index is 13.0. The van der Waals surface area contributed by atoms with E-state index in [9.17, 15) is 4.39 Å². The zero-order chi connectivity index (χ0) is 10.9. The van der Waals surface area contributed by atoms with Crippen LogP contribution in [0.5, 0.6) is 0 Å². The van der Waals surface area contributed by atoms with Crippen LogP contribution in [-0.2, 0) is 0 Å². The Kier molecular flexibility index (Phi) is 2.78. The maximum Gasteiger partial charge on any atom is 0.127 e. The van der Waals surface area contributed by atoms with Crippen molar-refractivity contribution in [2.75, 3.05) is 23.9 Å². The molecule has 0 radical (unpaired) electrons. The van der Waals surface area contributed by atoms with E-state index in [1.807, 2.05) is 11.8 Å². The van der Waals surface area contributed by atoms with Crippen LogP contribution in [0, 0.1) is 5.82 Å². The third-order valence-corrected chi connectivity index (χ3v) is 4.19. The van der Waals surface area contributed by atoms with Crippen molar-refractivity contribution >= 4 is 23.1 Å². The van der Waals surface area contributed by atoms with Gasteiger partial charge in [0.25, 0.3) is 0 Å². The zero-order valence-corrected chi connectivity index (χ0v) is 9.53. The average Bonchev–Trinajstić information content (AvgIpc) is 2.94. The van der Waals surface area contributed by atoms with Crippen molar-refractivity contribution in [3.05, 3.63) is 24.0 Å². The number of benzene rings is 1. The smallest absolute Gasteiger partial charge is 0.127 e. The summed E-state index contributed by atoms with van der Waals surface area (Å²) >= 11 is 1.88. The quantitative estimate of drug-likeness (QED) is 0.775. The largest absolute Gasteiger partial charge is 0.399 e. The maximum atomic E-state index is 13.0. The Morgan fingerprint density at radius 2 is 2.20 bits per heavy atom. The van der Waals surface area contributed by atoms with Crippen LogP contribution in [0.15, 0.2) is 18.2 Å². The molecule has 0 saturated heterocycles. The third-order valence-electron chi connectivity index (χ3n) is 2.78. The lowest BCUT2D eigenvalue weighted by Crippen LogP contribution is -2.17. The lowest BCUT2D eigenvalue weighted by atomic mass is 10.2. The minimum Gasteiger partial charge on any atom is -0.399 e. The Balaban J connectivity index is 1.99. The molecule has 0 spiro atoms. The second-order valence-corrected chi connectivity index (χ2v) is 5.29. The fraction of sp³-hybridized carbons (Fsp3) is 0.455. The van der Waals surface area contributed by atoms with Gasteiger partial charge in [0, 0.05) is 22.7 Å². The van der Waals surface area contributed by atoms with Gasteiger partial charge in [0.1, 0.15) is 5.82 Å². The molecule has 1 fully saturated rings. The molecule has 15 heavy (non-hydrogen) atoms. The first-order valence-corrected chi connectivity index (χ1v) is 6.21. The first-order chi connectivity index (χ1) is 7.13. The van der Waals surface area contributed by atoms with Gasteiger partial charge >= 0.3 is 0 Å². The number of nitrogens with two attached hydrogens (primary N) is 1. The molecule has 1 aliphatic carbocycles. The molecule has 0 heterocycles. The summed E-state index contributed by atoms with van der Waals surface area (Å²) in [6.45, 7) is 0.886. The summed E-state index contributed by atoms with van der Waals surface area (Å²) < 4.78 is 13.4. The van der Waals surface area contributed by atoms with Crippen LogP contribution < -0.4 is 11.1 Å². The highest BCUT2D eigenvalue weighted by atomic mass is 32.2. The van der Waals surface area contributed by atoms with Crippen LogP contribution >= 0.6 is 11.8 Å². The normalized spacial score (nSPS) is 17.5. The van der Waals surface area contributed by atoms with Gasteiger partial charge in [0.2, 0.25) is 0 Å². The number of anilines is 2. The number of hydrogen-bond donors (Lipinski definition) is 2. The topological polar surface area (TPSA) is 38.0 Å². The Hall–Kier alpha value is -0.900. The molecule has 1 aliphatic rings.